The molecule has 2 aromatic carbocycles. The van der Waals surface area contributed by atoms with E-state index in [0.29, 0.717) is 17.2 Å². The van der Waals surface area contributed by atoms with Gasteiger partial charge in [0.15, 0.2) is 11.5 Å². The van der Waals surface area contributed by atoms with Gasteiger partial charge >= 0.3 is 0 Å². The summed E-state index contributed by atoms with van der Waals surface area (Å²) in [7, 11) is 4.79. The molecule has 0 aliphatic carbocycles. The van der Waals surface area contributed by atoms with Crippen LogP contribution in [0.25, 0.3) is 23.1 Å². The molecule has 0 aliphatic heterocycles. The van der Waals surface area contributed by atoms with Crippen LogP contribution in [0, 0.1) is 0 Å². The third-order valence-corrected chi connectivity index (χ3v) is 3.57. The van der Waals surface area contributed by atoms with Crippen molar-refractivity contribution in [2.75, 3.05) is 21.3 Å². The Kier molecular flexibility index (Phi) is 4.24. The molecule has 0 bridgehead atoms. The number of hydrogen-bond donors (Lipinski definition) is 0. The fourth-order valence-corrected chi connectivity index (χ4v) is 2.46. The Balaban J connectivity index is 1.95. The molecule has 0 radical (unpaired) electrons. The molecular formula is C19H18O4. The molecule has 1 aromatic heterocycles. The van der Waals surface area contributed by atoms with Gasteiger partial charge in [-0.05, 0) is 35.9 Å². The maximum absolute atomic E-state index is 5.77. The van der Waals surface area contributed by atoms with Crippen molar-refractivity contribution >= 4 is 23.1 Å². The number of benzene rings is 2. The van der Waals surface area contributed by atoms with E-state index in [0.717, 1.165) is 22.3 Å². The van der Waals surface area contributed by atoms with Crippen molar-refractivity contribution in [1.29, 1.82) is 0 Å². The predicted octanol–water partition coefficient (Wildman–Crippen LogP) is 4.63. The van der Waals surface area contributed by atoms with Gasteiger partial charge in [-0.1, -0.05) is 24.3 Å². The third-order valence-electron chi connectivity index (χ3n) is 3.57. The van der Waals surface area contributed by atoms with Gasteiger partial charge in [-0.3, -0.25) is 0 Å². The Bertz CT molecular complexity index is 787. The first-order valence-corrected chi connectivity index (χ1v) is 7.22. The molecule has 4 nitrogen and oxygen atoms in total. The summed E-state index contributed by atoms with van der Waals surface area (Å²) in [5.41, 5.74) is 1.80. The van der Waals surface area contributed by atoms with Crippen LogP contribution in [0.15, 0.2) is 46.9 Å². The minimum Gasteiger partial charge on any atom is -0.493 e. The van der Waals surface area contributed by atoms with Crippen LogP contribution >= 0.6 is 0 Å². The molecule has 0 spiro atoms. The van der Waals surface area contributed by atoms with Crippen LogP contribution in [-0.2, 0) is 0 Å². The van der Waals surface area contributed by atoms with Crippen molar-refractivity contribution in [1.82, 2.24) is 0 Å². The molecular weight excluding hydrogens is 292 g/mol. The van der Waals surface area contributed by atoms with E-state index in [9.17, 15) is 0 Å². The van der Waals surface area contributed by atoms with E-state index in [2.05, 4.69) is 0 Å². The summed E-state index contributed by atoms with van der Waals surface area (Å²) in [6, 6.07) is 13.7. The molecule has 0 fully saturated rings. The van der Waals surface area contributed by atoms with Crippen molar-refractivity contribution in [2.45, 2.75) is 0 Å². The largest absolute Gasteiger partial charge is 0.493 e. The standard InChI is InChI=1S/C19H18O4/c1-20-17-10-13(11-18(21-2)19(17)22-3)8-9-15-12-14-6-4-5-7-16(14)23-15/h4-12H,1-3H3/b9-8-. The predicted molar refractivity (Wildman–Crippen MR) is 91.2 cm³/mol. The van der Waals surface area contributed by atoms with E-state index < -0.39 is 0 Å². The zero-order chi connectivity index (χ0) is 16.2. The summed E-state index contributed by atoms with van der Waals surface area (Å²) in [5.74, 6) is 2.61. The highest BCUT2D eigenvalue weighted by molar-refractivity contribution is 5.82. The SMILES string of the molecule is COc1cc(/C=C\c2cc3ccccc3o2)cc(OC)c1OC. The van der Waals surface area contributed by atoms with Crippen LogP contribution in [0.3, 0.4) is 0 Å². The maximum Gasteiger partial charge on any atom is 0.203 e. The Labute approximate surface area is 134 Å². The van der Waals surface area contributed by atoms with Crippen LogP contribution < -0.4 is 14.2 Å². The molecule has 3 rings (SSSR count). The first-order chi connectivity index (χ1) is 11.2. The van der Waals surface area contributed by atoms with E-state index >= 15 is 0 Å². The summed E-state index contributed by atoms with van der Waals surface area (Å²) >= 11 is 0. The Morgan fingerprint density at radius 2 is 1.52 bits per heavy atom. The zero-order valence-electron chi connectivity index (χ0n) is 13.3. The summed E-state index contributed by atoms with van der Waals surface area (Å²) < 4.78 is 21.8. The summed E-state index contributed by atoms with van der Waals surface area (Å²) in [6.07, 6.45) is 3.86. The van der Waals surface area contributed by atoms with Crippen molar-refractivity contribution in [3.63, 3.8) is 0 Å². The molecule has 23 heavy (non-hydrogen) atoms. The highest BCUT2D eigenvalue weighted by Crippen LogP contribution is 2.38. The van der Waals surface area contributed by atoms with Crippen molar-refractivity contribution in [3.8, 4) is 17.2 Å². The van der Waals surface area contributed by atoms with Crippen molar-refractivity contribution in [2.24, 2.45) is 0 Å². The third kappa shape index (κ3) is 3.01. The Morgan fingerprint density at radius 1 is 0.826 bits per heavy atom. The quantitative estimate of drug-likeness (QED) is 0.689. The fraction of sp³-hybridized carbons (Fsp3) is 0.158. The number of hydrogen-bond acceptors (Lipinski definition) is 4. The molecule has 0 saturated heterocycles. The minimum absolute atomic E-state index is 0.580. The van der Waals surface area contributed by atoms with Crippen LogP contribution in [0.1, 0.15) is 11.3 Å². The van der Waals surface area contributed by atoms with E-state index in [1.807, 2.05) is 54.6 Å². The number of rotatable bonds is 5. The Morgan fingerprint density at radius 3 is 2.13 bits per heavy atom. The van der Waals surface area contributed by atoms with Gasteiger partial charge in [-0.15, -0.1) is 0 Å². The van der Waals surface area contributed by atoms with Crippen molar-refractivity contribution in [3.05, 3.63) is 53.8 Å². The molecule has 1 heterocycles. The monoisotopic (exact) mass is 310 g/mol. The molecule has 0 N–H and O–H groups in total. The molecule has 0 saturated carbocycles. The smallest absolute Gasteiger partial charge is 0.203 e. The fourth-order valence-electron chi connectivity index (χ4n) is 2.46. The molecule has 0 amide bonds. The summed E-state index contributed by atoms with van der Waals surface area (Å²) in [4.78, 5) is 0. The van der Waals surface area contributed by atoms with Gasteiger partial charge in [0.2, 0.25) is 5.75 Å². The van der Waals surface area contributed by atoms with Gasteiger partial charge in [0, 0.05) is 5.39 Å². The minimum atomic E-state index is 0.580. The van der Waals surface area contributed by atoms with Gasteiger partial charge < -0.3 is 18.6 Å². The van der Waals surface area contributed by atoms with E-state index in [4.69, 9.17) is 18.6 Å². The molecule has 118 valence electrons. The van der Waals surface area contributed by atoms with Gasteiger partial charge in [0.25, 0.3) is 0 Å². The van der Waals surface area contributed by atoms with E-state index in [1.165, 1.54) is 0 Å². The lowest BCUT2D eigenvalue weighted by molar-refractivity contribution is 0.324. The molecule has 0 aliphatic rings. The van der Waals surface area contributed by atoms with Gasteiger partial charge in [0.05, 0.1) is 21.3 Å². The van der Waals surface area contributed by atoms with E-state index in [1.54, 1.807) is 21.3 Å². The molecule has 3 aromatic rings. The normalized spacial score (nSPS) is 11.1. The summed E-state index contributed by atoms with van der Waals surface area (Å²) in [5, 5.41) is 1.08. The average Bonchev–Trinajstić information content (AvgIpc) is 3.01. The highest BCUT2D eigenvalue weighted by atomic mass is 16.5. The zero-order valence-corrected chi connectivity index (χ0v) is 13.3. The van der Waals surface area contributed by atoms with Gasteiger partial charge in [-0.2, -0.15) is 0 Å². The second-order valence-corrected chi connectivity index (χ2v) is 4.98. The molecule has 4 heteroatoms. The number of furan rings is 1. The molecule has 0 unspecified atom stereocenters. The van der Waals surface area contributed by atoms with Gasteiger partial charge in [0.1, 0.15) is 11.3 Å². The second kappa shape index (κ2) is 6.48. The number of fused-ring (bicyclic) bond motifs is 1. The Hall–Kier alpha value is -2.88. The number of ether oxygens (including phenoxy) is 3. The lowest BCUT2D eigenvalue weighted by Gasteiger charge is -2.12. The summed E-state index contributed by atoms with van der Waals surface area (Å²) in [6.45, 7) is 0. The second-order valence-electron chi connectivity index (χ2n) is 4.98. The topological polar surface area (TPSA) is 40.8 Å². The van der Waals surface area contributed by atoms with Crippen LogP contribution in [0.4, 0.5) is 0 Å². The average molecular weight is 310 g/mol. The number of methoxy groups -OCH3 is 3. The first kappa shape index (κ1) is 15.0. The van der Waals surface area contributed by atoms with Crippen molar-refractivity contribution < 1.29 is 18.6 Å². The highest BCUT2D eigenvalue weighted by Gasteiger charge is 2.12. The first-order valence-electron chi connectivity index (χ1n) is 7.22. The van der Waals surface area contributed by atoms with Crippen LogP contribution in [0.2, 0.25) is 0 Å². The maximum atomic E-state index is 5.77. The lowest BCUT2D eigenvalue weighted by atomic mass is 10.1. The lowest BCUT2D eigenvalue weighted by Crippen LogP contribution is -1.95. The van der Waals surface area contributed by atoms with E-state index in [-0.39, 0.29) is 0 Å². The molecule has 0 atom stereocenters. The number of para-hydroxylation sites is 1. The van der Waals surface area contributed by atoms with Gasteiger partial charge in [-0.25, -0.2) is 0 Å². The van der Waals surface area contributed by atoms with Crippen LogP contribution in [-0.4, -0.2) is 21.3 Å². The van der Waals surface area contributed by atoms with Crippen LogP contribution in [0.5, 0.6) is 17.2 Å².